The summed E-state index contributed by atoms with van der Waals surface area (Å²) in [5.41, 5.74) is 6.61. The predicted octanol–water partition coefficient (Wildman–Crippen LogP) is 6.44. The molecule has 0 saturated carbocycles. The molecule has 1 aliphatic carbocycles. The van der Waals surface area contributed by atoms with Crippen molar-refractivity contribution in [2.75, 3.05) is 58.6 Å². The highest BCUT2D eigenvalue weighted by Crippen LogP contribution is 2.48. The van der Waals surface area contributed by atoms with Crippen LogP contribution in [0, 0.1) is 0 Å². The van der Waals surface area contributed by atoms with E-state index in [1.807, 2.05) is 0 Å². The number of nitrogens with one attached hydrogen (secondary N) is 1. The van der Waals surface area contributed by atoms with Crippen LogP contribution in [0.5, 0.6) is 0 Å². The maximum absolute atomic E-state index is 12.2. The van der Waals surface area contributed by atoms with Crippen molar-refractivity contribution >= 4 is 48.6 Å². The van der Waals surface area contributed by atoms with Gasteiger partial charge in [0.1, 0.15) is 0 Å². The molecule has 1 N–H and O–H groups in total. The summed E-state index contributed by atoms with van der Waals surface area (Å²) in [7, 11) is 1.40. The van der Waals surface area contributed by atoms with Crippen LogP contribution in [-0.2, 0) is 9.09 Å². The second-order valence-electron chi connectivity index (χ2n) is 8.66. The van der Waals surface area contributed by atoms with Crippen LogP contribution in [-0.4, -0.2) is 68.2 Å². The number of nitrogens with zero attached hydrogens (tertiary/aromatic N) is 2. The Morgan fingerprint density at radius 2 is 1.51 bits per heavy atom. The van der Waals surface area contributed by atoms with Gasteiger partial charge in [-0.1, -0.05) is 66.8 Å². The first-order valence-electron chi connectivity index (χ1n) is 12.1. The molecule has 1 aliphatic heterocycles. The number of halogens is 2. The Labute approximate surface area is 220 Å². The highest BCUT2D eigenvalue weighted by atomic mass is 35.5. The highest BCUT2D eigenvalue weighted by Gasteiger charge is 2.32. The lowest BCUT2D eigenvalue weighted by atomic mass is 9.93. The lowest BCUT2D eigenvalue weighted by Crippen LogP contribution is -2.35. The topological polar surface area (TPSA) is 44.8 Å². The summed E-state index contributed by atoms with van der Waals surface area (Å²) in [5.74, 6) is 0.845. The first-order valence-corrected chi connectivity index (χ1v) is 14.7. The van der Waals surface area contributed by atoms with Crippen LogP contribution in [0.4, 0.5) is 0 Å². The van der Waals surface area contributed by atoms with E-state index < -0.39 is 7.67 Å². The average molecular weight is 536 g/mol. The normalized spacial score (nSPS) is 19.0. The van der Waals surface area contributed by atoms with Gasteiger partial charge in [-0.2, -0.15) is 0 Å². The van der Waals surface area contributed by atoms with Crippen LogP contribution in [0.3, 0.4) is 0 Å². The third-order valence-electron chi connectivity index (χ3n) is 5.83. The minimum Gasteiger partial charge on any atom is -0.309 e. The van der Waals surface area contributed by atoms with Crippen LogP contribution in [0.25, 0.3) is 17.7 Å². The molecular formula is C27H36Cl2N3O2P. The van der Waals surface area contributed by atoms with Gasteiger partial charge in [0.05, 0.1) is 6.61 Å². The number of hydrogen-bond acceptors (Lipinski definition) is 3. The lowest BCUT2D eigenvalue weighted by Gasteiger charge is -2.33. The molecule has 190 valence electrons. The molecule has 2 aromatic carbocycles. The molecule has 1 saturated heterocycles. The summed E-state index contributed by atoms with van der Waals surface area (Å²) in [6, 6.07) is 17.3. The number of alkyl halides is 2. The summed E-state index contributed by atoms with van der Waals surface area (Å²) in [5, 5.41) is 2.91. The van der Waals surface area contributed by atoms with Crippen LogP contribution >= 0.6 is 30.9 Å². The molecule has 1 unspecified atom stereocenters. The molecule has 2 aromatic rings. The van der Waals surface area contributed by atoms with E-state index in [1.165, 1.54) is 27.8 Å². The van der Waals surface area contributed by atoms with Gasteiger partial charge in [0.25, 0.3) is 0 Å². The van der Waals surface area contributed by atoms with Crippen LogP contribution < -0.4 is 5.09 Å². The molecule has 1 atom stereocenters. The number of benzene rings is 2. The Kier molecular flexibility index (Phi) is 11.5. The van der Waals surface area contributed by atoms with Crippen molar-refractivity contribution in [3.05, 3.63) is 76.9 Å². The first kappa shape index (κ1) is 28.1. The van der Waals surface area contributed by atoms with Crippen LogP contribution in [0.15, 0.2) is 54.6 Å². The zero-order chi connectivity index (χ0) is 25.1. The van der Waals surface area contributed by atoms with Crippen molar-refractivity contribution in [2.24, 2.45) is 0 Å². The Morgan fingerprint density at radius 3 is 2.00 bits per heavy atom. The fourth-order valence-electron chi connectivity index (χ4n) is 4.07. The average Bonchev–Trinajstić information content (AvgIpc) is 3.02. The fourth-order valence-corrected chi connectivity index (χ4v) is 6.71. The van der Waals surface area contributed by atoms with E-state index in [9.17, 15) is 4.57 Å². The van der Waals surface area contributed by atoms with Gasteiger partial charge in [-0.15, -0.1) is 23.2 Å². The summed E-state index contributed by atoms with van der Waals surface area (Å²) in [4.78, 5) is 2.23. The van der Waals surface area contributed by atoms with E-state index in [0.29, 0.717) is 31.5 Å². The van der Waals surface area contributed by atoms with Gasteiger partial charge < -0.3 is 9.42 Å². The maximum atomic E-state index is 12.2. The summed E-state index contributed by atoms with van der Waals surface area (Å²) < 4.78 is 19.2. The van der Waals surface area contributed by atoms with Crippen molar-refractivity contribution < 1.29 is 9.09 Å². The van der Waals surface area contributed by atoms with E-state index >= 15 is 0 Å². The molecule has 2 aliphatic rings. The van der Waals surface area contributed by atoms with E-state index in [4.69, 9.17) is 27.7 Å². The molecule has 1 heterocycles. The Balaban J connectivity index is 0.000000214. The van der Waals surface area contributed by atoms with Crippen molar-refractivity contribution in [2.45, 2.75) is 12.8 Å². The Hall–Kier alpha value is -1.43. The summed E-state index contributed by atoms with van der Waals surface area (Å²) in [6.07, 6.45) is 8.77. The third kappa shape index (κ3) is 8.03. The second-order valence-corrected chi connectivity index (χ2v) is 11.6. The molecule has 0 aromatic heterocycles. The van der Waals surface area contributed by atoms with Crippen molar-refractivity contribution in [3.8, 4) is 0 Å². The smallest absolute Gasteiger partial charge is 0.309 e. The van der Waals surface area contributed by atoms with Crippen LogP contribution in [0.1, 0.15) is 35.1 Å². The van der Waals surface area contributed by atoms with E-state index in [2.05, 4.69) is 90.8 Å². The Morgan fingerprint density at radius 1 is 0.943 bits per heavy atom. The molecule has 5 nitrogen and oxygen atoms in total. The predicted molar refractivity (Wildman–Crippen MR) is 151 cm³/mol. The van der Waals surface area contributed by atoms with Gasteiger partial charge in [0.2, 0.25) is 0 Å². The molecule has 0 bridgehead atoms. The van der Waals surface area contributed by atoms with Gasteiger partial charge in [0.15, 0.2) is 0 Å². The molecule has 0 radical (unpaired) electrons. The van der Waals surface area contributed by atoms with E-state index in [0.717, 1.165) is 25.9 Å². The van der Waals surface area contributed by atoms with Gasteiger partial charge in [-0.05, 0) is 54.8 Å². The van der Waals surface area contributed by atoms with Gasteiger partial charge in [-0.3, -0.25) is 4.57 Å². The molecule has 0 amide bonds. The molecule has 1 fully saturated rings. The monoisotopic (exact) mass is 535 g/mol. The van der Waals surface area contributed by atoms with E-state index in [-0.39, 0.29) is 0 Å². The highest BCUT2D eigenvalue weighted by molar-refractivity contribution is 7.54. The standard InChI is InChI=1S/C20H21N.C7H15Cl2N2O2P/c1-21(2)15-7-12-20-18-10-5-3-8-16(18)13-14-17-9-4-6-11-19(17)20;8-2-5-11(6-3-9)14(12)10-4-1-7-13-14/h3-6,8-14H,7,15H2,1-2H3;1-7H2,(H,10,12). The van der Waals surface area contributed by atoms with Gasteiger partial charge >= 0.3 is 7.67 Å². The zero-order valence-electron chi connectivity index (χ0n) is 20.6. The van der Waals surface area contributed by atoms with Crippen molar-refractivity contribution in [1.82, 2.24) is 14.7 Å². The minimum absolute atomic E-state index is 0.423. The molecule has 4 rings (SSSR count). The van der Waals surface area contributed by atoms with Gasteiger partial charge in [0, 0.05) is 37.9 Å². The Bertz CT molecular complexity index is 991. The SMILES string of the molecule is CN(C)CCC=C1c2ccccc2C=Cc2ccccc21.O=P1(N(CCCl)CCCl)NCCCO1. The number of hydrogen-bond donors (Lipinski definition) is 1. The lowest BCUT2D eigenvalue weighted by molar-refractivity contribution is 0.233. The van der Waals surface area contributed by atoms with Gasteiger partial charge in [-0.25, -0.2) is 9.76 Å². The molecule has 8 heteroatoms. The molecule has 0 spiro atoms. The minimum atomic E-state index is -2.84. The van der Waals surface area contributed by atoms with E-state index in [1.54, 1.807) is 4.67 Å². The third-order valence-corrected chi connectivity index (χ3v) is 8.46. The first-order chi connectivity index (χ1) is 17.0. The zero-order valence-corrected chi connectivity index (χ0v) is 23.0. The number of rotatable bonds is 8. The van der Waals surface area contributed by atoms with Crippen LogP contribution in [0.2, 0.25) is 0 Å². The molecular weight excluding hydrogens is 500 g/mol. The van der Waals surface area contributed by atoms with Crippen molar-refractivity contribution in [3.63, 3.8) is 0 Å². The summed E-state index contributed by atoms with van der Waals surface area (Å²) >= 11 is 11.2. The van der Waals surface area contributed by atoms with Crippen molar-refractivity contribution in [1.29, 1.82) is 0 Å². The summed E-state index contributed by atoms with van der Waals surface area (Å²) in [6.45, 7) is 3.38. The maximum Gasteiger partial charge on any atom is 0.343 e. The second kappa shape index (κ2) is 14.3. The largest absolute Gasteiger partial charge is 0.343 e. The fraction of sp³-hybridized carbons (Fsp3) is 0.407. The molecule has 35 heavy (non-hydrogen) atoms. The quantitative estimate of drug-likeness (QED) is 0.265. The number of fused-ring (bicyclic) bond motifs is 2.